The van der Waals surface area contributed by atoms with Gasteiger partial charge in [0.2, 0.25) is 5.91 Å². The van der Waals surface area contributed by atoms with E-state index in [1.807, 2.05) is 31.2 Å². The highest BCUT2D eigenvalue weighted by Crippen LogP contribution is 2.35. The highest BCUT2D eigenvalue weighted by Gasteiger charge is 2.22. The summed E-state index contributed by atoms with van der Waals surface area (Å²) in [5, 5.41) is 3.00. The molecule has 1 N–H and O–H groups in total. The Morgan fingerprint density at radius 3 is 2.88 bits per heavy atom. The van der Waals surface area contributed by atoms with Crippen molar-refractivity contribution >= 4 is 17.7 Å². The lowest BCUT2D eigenvalue weighted by Gasteiger charge is -2.13. The molecule has 3 rings (SSSR count). The Labute approximate surface area is 159 Å². The van der Waals surface area contributed by atoms with Crippen LogP contribution in [0.25, 0.3) is 0 Å². The van der Waals surface area contributed by atoms with Crippen molar-refractivity contribution in [1.82, 2.24) is 5.32 Å². The van der Waals surface area contributed by atoms with Gasteiger partial charge in [0, 0.05) is 41.2 Å². The van der Waals surface area contributed by atoms with E-state index in [9.17, 15) is 4.79 Å². The average Bonchev–Trinajstić information content (AvgIpc) is 3.00. The minimum Gasteiger partial charge on any atom is -0.494 e. The van der Waals surface area contributed by atoms with Crippen LogP contribution in [0.5, 0.6) is 11.5 Å². The molecule has 0 aromatic heterocycles. The number of rotatable bonds is 8. The van der Waals surface area contributed by atoms with Crippen LogP contribution in [-0.2, 0) is 17.8 Å². The lowest BCUT2D eigenvalue weighted by Crippen LogP contribution is -2.23. The second kappa shape index (κ2) is 8.99. The Morgan fingerprint density at radius 2 is 2.12 bits per heavy atom. The predicted octanol–water partition coefficient (Wildman–Crippen LogP) is 4.21. The third-order valence-corrected chi connectivity index (χ3v) is 5.21. The number of benzene rings is 2. The van der Waals surface area contributed by atoms with Crippen LogP contribution in [0.4, 0.5) is 0 Å². The topological polar surface area (TPSA) is 47.6 Å². The highest BCUT2D eigenvalue weighted by molar-refractivity contribution is 7.99. The summed E-state index contributed by atoms with van der Waals surface area (Å²) in [5.74, 6) is 2.55. The zero-order valence-corrected chi connectivity index (χ0v) is 16.1. The third kappa shape index (κ3) is 4.94. The van der Waals surface area contributed by atoms with Gasteiger partial charge in [0.05, 0.1) is 6.61 Å². The molecule has 1 amide bonds. The standard InChI is InChI=1S/C21H25NO3S/c1-3-24-19-12-16-11-15(2)25-20(16)13-17(19)14-22-21(23)9-10-26-18-7-5-4-6-8-18/h4-8,12-13,15H,3,9-11,14H2,1-2H3,(H,22,23)/t15-/m1/s1. The summed E-state index contributed by atoms with van der Waals surface area (Å²) in [6.07, 6.45) is 1.58. The number of hydrogen-bond acceptors (Lipinski definition) is 4. The van der Waals surface area contributed by atoms with Gasteiger partial charge in [-0.1, -0.05) is 18.2 Å². The fourth-order valence-electron chi connectivity index (χ4n) is 2.97. The van der Waals surface area contributed by atoms with Gasteiger partial charge in [-0.05, 0) is 38.1 Å². The number of carbonyl (C=O) groups excluding carboxylic acids is 1. The molecular weight excluding hydrogens is 346 g/mol. The van der Waals surface area contributed by atoms with Gasteiger partial charge in [-0.2, -0.15) is 0 Å². The van der Waals surface area contributed by atoms with Gasteiger partial charge in [0.25, 0.3) is 0 Å². The molecule has 1 heterocycles. The molecule has 5 heteroatoms. The molecule has 138 valence electrons. The van der Waals surface area contributed by atoms with Crippen LogP contribution in [0, 0.1) is 0 Å². The van der Waals surface area contributed by atoms with Gasteiger partial charge in [-0.15, -0.1) is 11.8 Å². The maximum Gasteiger partial charge on any atom is 0.221 e. The number of fused-ring (bicyclic) bond motifs is 1. The highest BCUT2D eigenvalue weighted by atomic mass is 32.2. The molecule has 0 unspecified atom stereocenters. The van der Waals surface area contributed by atoms with E-state index < -0.39 is 0 Å². The number of thioether (sulfide) groups is 1. The lowest BCUT2D eigenvalue weighted by atomic mass is 10.1. The fraction of sp³-hybridized carbons (Fsp3) is 0.381. The van der Waals surface area contributed by atoms with Crippen LogP contribution in [0.15, 0.2) is 47.4 Å². The zero-order valence-electron chi connectivity index (χ0n) is 15.3. The molecule has 4 nitrogen and oxygen atoms in total. The molecular formula is C21H25NO3S. The molecule has 1 atom stereocenters. The second-order valence-electron chi connectivity index (χ2n) is 6.32. The molecule has 26 heavy (non-hydrogen) atoms. The molecule has 1 aliphatic heterocycles. The Morgan fingerprint density at radius 1 is 1.31 bits per heavy atom. The first kappa shape index (κ1) is 18.6. The molecule has 2 aromatic rings. The average molecular weight is 372 g/mol. The van der Waals surface area contributed by atoms with E-state index in [0.717, 1.165) is 29.2 Å². The number of amides is 1. The first-order valence-electron chi connectivity index (χ1n) is 9.05. The maximum absolute atomic E-state index is 12.2. The molecule has 2 aromatic carbocycles. The quantitative estimate of drug-likeness (QED) is 0.706. The number of nitrogens with one attached hydrogen (secondary N) is 1. The van der Waals surface area contributed by atoms with Crippen LogP contribution >= 0.6 is 11.8 Å². The van der Waals surface area contributed by atoms with E-state index in [1.165, 1.54) is 10.5 Å². The van der Waals surface area contributed by atoms with Gasteiger partial charge in [0.15, 0.2) is 0 Å². The molecule has 0 aliphatic carbocycles. The van der Waals surface area contributed by atoms with E-state index in [-0.39, 0.29) is 12.0 Å². The van der Waals surface area contributed by atoms with Crippen molar-refractivity contribution in [3.8, 4) is 11.5 Å². The molecule has 0 bridgehead atoms. The fourth-order valence-corrected chi connectivity index (χ4v) is 3.84. The van der Waals surface area contributed by atoms with Crippen LogP contribution in [0.2, 0.25) is 0 Å². The van der Waals surface area contributed by atoms with Gasteiger partial charge < -0.3 is 14.8 Å². The zero-order chi connectivity index (χ0) is 18.4. The molecule has 0 spiro atoms. The van der Waals surface area contributed by atoms with Crippen molar-refractivity contribution in [3.05, 3.63) is 53.6 Å². The first-order valence-corrected chi connectivity index (χ1v) is 10.0. The van der Waals surface area contributed by atoms with Gasteiger partial charge in [0.1, 0.15) is 17.6 Å². The van der Waals surface area contributed by atoms with Gasteiger partial charge in [-0.25, -0.2) is 0 Å². The largest absolute Gasteiger partial charge is 0.494 e. The van der Waals surface area contributed by atoms with E-state index in [0.29, 0.717) is 19.6 Å². The second-order valence-corrected chi connectivity index (χ2v) is 7.49. The predicted molar refractivity (Wildman–Crippen MR) is 105 cm³/mol. The Bertz CT molecular complexity index is 748. The van der Waals surface area contributed by atoms with Crippen molar-refractivity contribution in [2.24, 2.45) is 0 Å². The minimum atomic E-state index is 0.0469. The summed E-state index contributed by atoms with van der Waals surface area (Å²) in [6, 6.07) is 14.2. The van der Waals surface area contributed by atoms with Crippen molar-refractivity contribution in [2.75, 3.05) is 12.4 Å². The Kier molecular flexibility index (Phi) is 6.45. The number of ether oxygens (including phenoxy) is 2. The first-order chi connectivity index (χ1) is 12.7. The van der Waals surface area contributed by atoms with Gasteiger partial charge in [-0.3, -0.25) is 4.79 Å². The molecule has 1 aliphatic rings. The van der Waals surface area contributed by atoms with E-state index in [2.05, 4.69) is 30.4 Å². The van der Waals surface area contributed by atoms with E-state index >= 15 is 0 Å². The maximum atomic E-state index is 12.2. The summed E-state index contributed by atoms with van der Waals surface area (Å²) >= 11 is 1.69. The SMILES string of the molecule is CCOc1cc2c(cc1CNC(=O)CCSc1ccccc1)O[C@H](C)C2. The smallest absolute Gasteiger partial charge is 0.221 e. The Hall–Kier alpha value is -2.14. The number of hydrogen-bond donors (Lipinski definition) is 1. The van der Waals surface area contributed by atoms with Crippen LogP contribution in [0.3, 0.4) is 0 Å². The normalized spacial score (nSPS) is 15.2. The minimum absolute atomic E-state index is 0.0469. The molecule has 0 radical (unpaired) electrons. The van der Waals surface area contributed by atoms with E-state index in [4.69, 9.17) is 9.47 Å². The Balaban J connectivity index is 1.53. The van der Waals surface area contributed by atoms with Crippen molar-refractivity contribution in [2.45, 2.75) is 44.2 Å². The van der Waals surface area contributed by atoms with Crippen LogP contribution in [0.1, 0.15) is 31.4 Å². The summed E-state index contributed by atoms with van der Waals surface area (Å²) in [4.78, 5) is 13.3. The number of carbonyl (C=O) groups is 1. The third-order valence-electron chi connectivity index (χ3n) is 4.20. The molecule has 0 saturated carbocycles. The lowest BCUT2D eigenvalue weighted by molar-refractivity contribution is -0.120. The monoisotopic (exact) mass is 371 g/mol. The van der Waals surface area contributed by atoms with Crippen LogP contribution < -0.4 is 14.8 Å². The summed E-state index contributed by atoms with van der Waals surface area (Å²) < 4.78 is 11.6. The summed E-state index contributed by atoms with van der Waals surface area (Å²) in [6.45, 7) is 5.08. The molecule has 0 fully saturated rings. The molecule has 0 saturated heterocycles. The summed E-state index contributed by atoms with van der Waals surface area (Å²) in [5.41, 5.74) is 2.14. The van der Waals surface area contributed by atoms with E-state index in [1.54, 1.807) is 11.8 Å². The van der Waals surface area contributed by atoms with Gasteiger partial charge >= 0.3 is 0 Å². The van der Waals surface area contributed by atoms with Crippen LogP contribution in [-0.4, -0.2) is 24.4 Å². The van der Waals surface area contributed by atoms with Crippen molar-refractivity contribution in [3.63, 3.8) is 0 Å². The van der Waals surface area contributed by atoms with Crippen molar-refractivity contribution in [1.29, 1.82) is 0 Å². The van der Waals surface area contributed by atoms with Crippen molar-refractivity contribution < 1.29 is 14.3 Å². The summed E-state index contributed by atoms with van der Waals surface area (Å²) in [7, 11) is 0.